The molecule has 1 saturated heterocycles. The largest absolute Gasteiger partial charge is 0.458 e. The topological polar surface area (TPSA) is 66.8 Å². The van der Waals surface area contributed by atoms with E-state index in [2.05, 4.69) is 6.58 Å². The zero-order chi connectivity index (χ0) is 14.0. The molecule has 0 aromatic rings. The predicted octanol–water partition coefficient (Wildman–Crippen LogP) is 1.41. The van der Waals surface area contributed by atoms with Crippen LogP contribution in [0, 0.1) is 17.3 Å². The summed E-state index contributed by atoms with van der Waals surface area (Å²) < 4.78 is 5.36. The van der Waals surface area contributed by atoms with Crippen LogP contribution in [0.5, 0.6) is 0 Å². The number of aliphatic hydroxyl groups excluding tert-OH is 1. The summed E-state index contributed by atoms with van der Waals surface area (Å²) in [6.45, 7) is 7.77. The molecule has 3 fully saturated rings. The third-order valence-electron chi connectivity index (χ3n) is 5.99. The van der Waals surface area contributed by atoms with Gasteiger partial charge >= 0.3 is 5.97 Å². The van der Waals surface area contributed by atoms with E-state index in [0.717, 1.165) is 6.42 Å². The molecular weight excluding hydrogens is 244 g/mol. The van der Waals surface area contributed by atoms with Crippen molar-refractivity contribution in [2.45, 2.75) is 57.3 Å². The van der Waals surface area contributed by atoms with Crippen molar-refractivity contribution in [3.63, 3.8) is 0 Å². The molecule has 0 unspecified atom stereocenters. The molecule has 1 aliphatic heterocycles. The highest BCUT2D eigenvalue weighted by Gasteiger charge is 2.64. The molecule has 106 valence electrons. The first-order valence-electron chi connectivity index (χ1n) is 7.10. The van der Waals surface area contributed by atoms with Gasteiger partial charge in [0.1, 0.15) is 6.10 Å². The number of carbonyl (C=O) groups is 1. The first kappa shape index (κ1) is 13.1. The van der Waals surface area contributed by atoms with E-state index in [-0.39, 0.29) is 23.9 Å². The fraction of sp³-hybridized carbons (Fsp3) is 0.800. The van der Waals surface area contributed by atoms with Gasteiger partial charge in [-0.2, -0.15) is 0 Å². The van der Waals surface area contributed by atoms with Gasteiger partial charge in [-0.15, -0.1) is 0 Å². The second-order valence-corrected chi connectivity index (χ2v) is 6.82. The van der Waals surface area contributed by atoms with Gasteiger partial charge in [0.15, 0.2) is 0 Å². The van der Waals surface area contributed by atoms with Gasteiger partial charge in [0, 0.05) is 16.9 Å². The quantitative estimate of drug-likeness (QED) is 0.514. The summed E-state index contributed by atoms with van der Waals surface area (Å²) in [4.78, 5) is 11.7. The lowest BCUT2D eigenvalue weighted by molar-refractivity contribution is -0.232. The SMILES string of the molecule is C=C1C(=O)O[C@@H]2C[C@@]3(C)[C@H](O)CC[C@H](C)[C@]3(O)C[C@H]12. The zero-order valence-electron chi connectivity index (χ0n) is 11.6. The Morgan fingerprint density at radius 3 is 2.74 bits per heavy atom. The van der Waals surface area contributed by atoms with Crippen LogP contribution in [0.2, 0.25) is 0 Å². The Hall–Kier alpha value is -0.870. The first-order chi connectivity index (χ1) is 8.79. The maximum absolute atomic E-state index is 11.7. The number of rotatable bonds is 0. The van der Waals surface area contributed by atoms with Gasteiger partial charge in [-0.05, 0) is 31.6 Å². The molecule has 0 radical (unpaired) electrons. The minimum absolute atomic E-state index is 0.0988. The average molecular weight is 266 g/mol. The van der Waals surface area contributed by atoms with Gasteiger partial charge in [-0.3, -0.25) is 0 Å². The van der Waals surface area contributed by atoms with Crippen molar-refractivity contribution < 1.29 is 19.7 Å². The molecule has 4 heteroatoms. The molecule has 6 atom stereocenters. The van der Waals surface area contributed by atoms with Gasteiger partial charge in [-0.25, -0.2) is 4.79 Å². The third kappa shape index (κ3) is 1.50. The van der Waals surface area contributed by atoms with Crippen molar-refractivity contribution >= 4 is 5.97 Å². The summed E-state index contributed by atoms with van der Waals surface area (Å²) in [5, 5.41) is 21.5. The molecular formula is C15H22O4. The Labute approximate surface area is 113 Å². The van der Waals surface area contributed by atoms with E-state index in [9.17, 15) is 15.0 Å². The molecule has 0 spiro atoms. The molecule has 2 aliphatic carbocycles. The smallest absolute Gasteiger partial charge is 0.334 e. The second kappa shape index (κ2) is 3.83. The van der Waals surface area contributed by atoms with Crippen LogP contribution in [-0.4, -0.2) is 34.0 Å². The van der Waals surface area contributed by atoms with Crippen molar-refractivity contribution in [3.05, 3.63) is 12.2 Å². The highest BCUT2D eigenvalue weighted by atomic mass is 16.6. The molecule has 0 bridgehead atoms. The maximum Gasteiger partial charge on any atom is 0.334 e. The first-order valence-corrected chi connectivity index (χ1v) is 7.10. The predicted molar refractivity (Wildman–Crippen MR) is 69.2 cm³/mol. The van der Waals surface area contributed by atoms with E-state index < -0.39 is 17.1 Å². The van der Waals surface area contributed by atoms with E-state index >= 15 is 0 Å². The van der Waals surface area contributed by atoms with Gasteiger partial charge in [0.25, 0.3) is 0 Å². The van der Waals surface area contributed by atoms with E-state index in [4.69, 9.17) is 4.74 Å². The molecule has 19 heavy (non-hydrogen) atoms. The van der Waals surface area contributed by atoms with Crippen LogP contribution in [0.15, 0.2) is 12.2 Å². The van der Waals surface area contributed by atoms with Gasteiger partial charge < -0.3 is 14.9 Å². The van der Waals surface area contributed by atoms with Crippen LogP contribution in [0.4, 0.5) is 0 Å². The summed E-state index contributed by atoms with van der Waals surface area (Å²) in [6.07, 6.45) is 1.73. The number of ether oxygens (including phenoxy) is 1. The lowest BCUT2D eigenvalue weighted by Crippen LogP contribution is -2.65. The molecule has 2 saturated carbocycles. The van der Waals surface area contributed by atoms with Gasteiger partial charge in [0.2, 0.25) is 0 Å². The van der Waals surface area contributed by atoms with E-state index in [1.165, 1.54) is 0 Å². The molecule has 3 rings (SSSR count). The Morgan fingerprint density at radius 1 is 1.37 bits per heavy atom. The summed E-state index contributed by atoms with van der Waals surface area (Å²) in [6, 6.07) is 0. The number of esters is 1. The summed E-state index contributed by atoms with van der Waals surface area (Å²) in [5.74, 6) is -0.327. The van der Waals surface area contributed by atoms with E-state index in [1.54, 1.807) is 0 Å². The highest BCUT2D eigenvalue weighted by molar-refractivity contribution is 5.90. The Balaban J connectivity index is 2.01. The summed E-state index contributed by atoms with van der Waals surface area (Å²) >= 11 is 0. The highest BCUT2D eigenvalue weighted by Crippen LogP contribution is 2.59. The van der Waals surface area contributed by atoms with Crippen LogP contribution in [0.25, 0.3) is 0 Å². The third-order valence-corrected chi connectivity index (χ3v) is 5.99. The lowest BCUT2D eigenvalue weighted by atomic mass is 9.50. The van der Waals surface area contributed by atoms with Crippen LogP contribution in [-0.2, 0) is 9.53 Å². The normalized spacial score (nSPS) is 53.5. The molecule has 0 amide bonds. The fourth-order valence-electron chi connectivity index (χ4n) is 4.43. The van der Waals surface area contributed by atoms with Crippen molar-refractivity contribution in [1.29, 1.82) is 0 Å². The number of aliphatic hydroxyl groups is 2. The van der Waals surface area contributed by atoms with E-state index in [0.29, 0.717) is 24.8 Å². The summed E-state index contributed by atoms with van der Waals surface area (Å²) in [5.41, 5.74) is -1.06. The molecule has 2 N–H and O–H groups in total. The molecule has 3 aliphatic rings. The monoisotopic (exact) mass is 266 g/mol. The van der Waals surface area contributed by atoms with Crippen molar-refractivity contribution in [2.75, 3.05) is 0 Å². The average Bonchev–Trinajstić information content (AvgIpc) is 2.61. The Bertz CT molecular complexity index is 445. The minimum atomic E-state index is -0.942. The van der Waals surface area contributed by atoms with Crippen molar-refractivity contribution in [3.8, 4) is 0 Å². The number of hydrogen-bond donors (Lipinski definition) is 2. The van der Waals surface area contributed by atoms with Crippen LogP contribution >= 0.6 is 0 Å². The molecule has 4 nitrogen and oxygen atoms in total. The number of carbonyl (C=O) groups excluding carboxylic acids is 1. The molecule has 0 aromatic carbocycles. The fourth-order valence-corrected chi connectivity index (χ4v) is 4.43. The summed E-state index contributed by atoms with van der Waals surface area (Å²) in [7, 11) is 0. The maximum atomic E-state index is 11.7. The Morgan fingerprint density at radius 2 is 2.05 bits per heavy atom. The lowest BCUT2D eigenvalue weighted by Gasteiger charge is -2.59. The van der Waals surface area contributed by atoms with Gasteiger partial charge in [-0.1, -0.05) is 20.4 Å². The van der Waals surface area contributed by atoms with Crippen LogP contribution in [0.1, 0.15) is 39.5 Å². The molecule has 0 aromatic heterocycles. The minimum Gasteiger partial charge on any atom is -0.458 e. The standard InChI is InChI=1S/C15H22O4/c1-8-4-5-12(16)14(3)7-11-10(6-15(8,14)18)9(2)13(17)19-11/h8,10-12,16,18H,2,4-7H2,1,3H3/t8-,10+,11+,12+,14-,15+/m0/s1. The second-order valence-electron chi connectivity index (χ2n) is 6.82. The van der Waals surface area contributed by atoms with Crippen LogP contribution < -0.4 is 0 Å². The number of hydrogen-bond acceptors (Lipinski definition) is 4. The van der Waals surface area contributed by atoms with E-state index in [1.807, 2.05) is 13.8 Å². The number of fused-ring (bicyclic) bond motifs is 2. The van der Waals surface area contributed by atoms with Crippen molar-refractivity contribution in [2.24, 2.45) is 17.3 Å². The Kier molecular flexibility index (Phi) is 2.64. The zero-order valence-corrected chi connectivity index (χ0v) is 11.6. The van der Waals surface area contributed by atoms with Crippen molar-refractivity contribution in [1.82, 2.24) is 0 Å². The molecule has 1 heterocycles. The van der Waals surface area contributed by atoms with Crippen LogP contribution in [0.3, 0.4) is 0 Å². The van der Waals surface area contributed by atoms with Gasteiger partial charge in [0.05, 0.1) is 11.7 Å².